The molecule has 18 heavy (non-hydrogen) atoms. The molecule has 1 amide bonds. The van der Waals surface area contributed by atoms with Crippen molar-refractivity contribution in [1.82, 2.24) is 15.5 Å². The second-order valence-electron chi connectivity index (χ2n) is 3.92. The lowest BCUT2D eigenvalue weighted by atomic mass is 10.1. The second-order valence-corrected chi connectivity index (χ2v) is 3.92. The molecular weight excluding hydrogens is 230 g/mol. The third-order valence-corrected chi connectivity index (χ3v) is 2.75. The number of benzene rings is 1. The number of aromatic nitrogens is 2. The van der Waals surface area contributed by atoms with Crippen LogP contribution in [0.2, 0.25) is 0 Å². The van der Waals surface area contributed by atoms with Crippen molar-refractivity contribution in [1.29, 1.82) is 0 Å². The Hall–Kier alpha value is -2.56. The molecule has 3 rings (SSSR count). The molecule has 2 N–H and O–H groups in total. The number of H-pyrrole nitrogens is 1. The zero-order valence-corrected chi connectivity index (χ0v) is 9.51. The normalized spacial score (nSPS) is 10.7. The summed E-state index contributed by atoms with van der Waals surface area (Å²) in [7, 11) is 0. The second kappa shape index (κ2) is 4.37. The summed E-state index contributed by atoms with van der Waals surface area (Å²) in [5, 5.41) is 7.56. The summed E-state index contributed by atoms with van der Waals surface area (Å²) in [6, 6.07) is 9.26. The molecule has 0 fully saturated rings. The van der Waals surface area contributed by atoms with Crippen LogP contribution in [0.25, 0.3) is 10.9 Å². The smallest absolute Gasteiger partial charge is 0.253 e. The summed E-state index contributed by atoms with van der Waals surface area (Å²) < 4.78 is 4.70. The molecule has 0 radical (unpaired) electrons. The van der Waals surface area contributed by atoms with E-state index in [1.165, 1.54) is 6.26 Å². The highest BCUT2D eigenvalue weighted by Crippen LogP contribution is 2.16. The average Bonchev–Trinajstić information content (AvgIpc) is 3.05. The molecule has 5 nitrogen and oxygen atoms in total. The molecule has 90 valence electrons. The van der Waals surface area contributed by atoms with Crippen LogP contribution in [0.3, 0.4) is 0 Å². The van der Waals surface area contributed by atoms with Crippen LogP contribution < -0.4 is 5.32 Å². The Morgan fingerprint density at radius 3 is 3.11 bits per heavy atom. The quantitative estimate of drug-likeness (QED) is 0.737. The molecule has 0 atom stereocenters. The van der Waals surface area contributed by atoms with Crippen molar-refractivity contribution in [2.24, 2.45) is 0 Å². The van der Waals surface area contributed by atoms with Crippen molar-refractivity contribution < 1.29 is 9.32 Å². The number of nitrogens with zero attached hydrogens (tertiary/aromatic N) is 1. The van der Waals surface area contributed by atoms with E-state index in [0.717, 1.165) is 10.9 Å². The van der Waals surface area contributed by atoms with E-state index in [1.54, 1.807) is 12.1 Å². The van der Waals surface area contributed by atoms with Gasteiger partial charge >= 0.3 is 0 Å². The number of hydrogen-bond donors (Lipinski definition) is 2. The first-order chi connectivity index (χ1) is 8.84. The molecule has 5 heteroatoms. The van der Waals surface area contributed by atoms with Crippen molar-refractivity contribution in [3.05, 3.63) is 54.0 Å². The molecule has 0 aliphatic carbocycles. The van der Waals surface area contributed by atoms with E-state index in [1.807, 2.05) is 24.4 Å². The van der Waals surface area contributed by atoms with Gasteiger partial charge in [0.05, 0.1) is 17.6 Å². The zero-order chi connectivity index (χ0) is 12.4. The molecule has 3 aromatic rings. The molecule has 2 heterocycles. The van der Waals surface area contributed by atoms with Gasteiger partial charge in [0.1, 0.15) is 12.0 Å². The van der Waals surface area contributed by atoms with Crippen LogP contribution in [-0.2, 0) is 6.54 Å². The van der Waals surface area contributed by atoms with E-state index in [4.69, 9.17) is 4.52 Å². The van der Waals surface area contributed by atoms with Crippen LogP contribution in [0.15, 0.2) is 47.3 Å². The van der Waals surface area contributed by atoms with Gasteiger partial charge in [0.25, 0.3) is 5.91 Å². The number of amides is 1. The van der Waals surface area contributed by atoms with Gasteiger partial charge in [0.2, 0.25) is 0 Å². The van der Waals surface area contributed by atoms with Crippen molar-refractivity contribution in [2.75, 3.05) is 0 Å². The van der Waals surface area contributed by atoms with E-state index >= 15 is 0 Å². The number of carbonyl (C=O) groups is 1. The maximum Gasteiger partial charge on any atom is 0.253 e. The number of fused-ring (bicyclic) bond motifs is 1. The summed E-state index contributed by atoms with van der Waals surface area (Å²) in [4.78, 5) is 15.1. The van der Waals surface area contributed by atoms with E-state index in [0.29, 0.717) is 17.8 Å². The standard InChI is InChI=1S/C13H11N3O2/c17-13(15-8-10-5-7-18-16-10)11-3-1-2-9-4-6-14-12(9)11/h1-7,14H,8H2,(H,15,17). The van der Waals surface area contributed by atoms with E-state index < -0.39 is 0 Å². The third kappa shape index (κ3) is 1.86. The predicted molar refractivity (Wildman–Crippen MR) is 66.0 cm³/mol. The van der Waals surface area contributed by atoms with Gasteiger partial charge in [-0.05, 0) is 12.1 Å². The number of nitrogens with one attached hydrogen (secondary N) is 2. The SMILES string of the molecule is O=C(NCc1ccon1)c1cccc2cc[nH]c12. The van der Waals surface area contributed by atoms with Crippen molar-refractivity contribution in [2.45, 2.75) is 6.54 Å². The van der Waals surface area contributed by atoms with Gasteiger partial charge in [0, 0.05) is 17.6 Å². The Balaban J connectivity index is 1.81. The third-order valence-electron chi connectivity index (χ3n) is 2.75. The number of rotatable bonds is 3. The van der Waals surface area contributed by atoms with E-state index in [-0.39, 0.29) is 5.91 Å². The summed E-state index contributed by atoms with van der Waals surface area (Å²) in [6.45, 7) is 0.354. The molecule has 1 aromatic carbocycles. The van der Waals surface area contributed by atoms with Gasteiger partial charge in [-0.1, -0.05) is 17.3 Å². The highest BCUT2D eigenvalue weighted by atomic mass is 16.5. The number of para-hydroxylation sites is 1. The van der Waals surface area contributed by atoms with Gasteiger partial charge < -0.3 is 14.8 Å². The molecule has 0 saturated heterocycles. The van der Waals surface area contributed by atoms with Crippen LogP contribution in [0.1, 0.15) is 16.1 Å². The minimum atomic E-state index is -0.133. The van der Waals surface area contributed by atoms with E-state index in [9.17, 15) is 4.79 Å². The lowest BCUT2D eigenvalue weighted by molar-refractivity contribution is 0.0951. The summed E-state index contributed by atoms with van der Waals surface area (Å²) in [5.41, 5.74) is 2.16. The first-order valence-electron chi connectivity index (χ1n) is 5.58. The lowest BCUT2D eigenvalue weighted by Gasteiger charge is -2.04. The Morgan fingerprint density at radius 1 is 1.33 bits per heavy atom. The van der Waals surface area contributed by atoms with Crippen molar-refractivity contribution in [3.8, 4) is 0 Å². The van der Waals surface area contributed by atoms with Crippen molar-refractivity contribution in [3.63, 3.8) is 0 Å². The Morgan fingerprint density at radius 2 is 2.28 bits per heavy atom. The Bertz CT molecular complexity index is 670. The molecule has 2 aromatic heterocycles. The highest BCUT2D eigenvalue weighted by Gasteiger charge is 2.10. The minimum absolute atomic E-state index is 0.133. The van der Waals surface area contributed by atoms with Crippen molar-refractivity contribution >= 4 is 16.8 Å². The van der Waals surface area contributed by atoms with Gasteiger partial charge in [0.15, 0.2) is 0 Å². The average molecular weight is 241 g/mol. The van der Waals surface area contributed by atoms with Crippen LogP contribution in [0, 0.1) is 0 Å². The molecule has 0 bridgehead atoms. The fourth-order valence-corrected chi connectivity index (χ4v) is 1.87. The lowest BCUT2D eigenvalue weighted by Crippen LogP contribution is -2.23. The molecular formula is C13H11N3O2. The summed E-state index contributed by atoms with van der Waals surface area (Å²) in [5.74, 6) is -0.133. The van der Waals surface area contributed by atoms with Gasteiger partial charge in [-0.25, -0.2) is 0 Å². The van der Waals surface area contributed by atoms with Crippen LogP contribution in [-0.4, -0.2) is 16.0 Å². The monoisotopic (exact) mass is 241 g/mol. The van der Waals surface area contributed by atoms with Crippen LogP contribution in [0.4, 0.5) is 0 Å². The van der Waals surface area contributed by atoms with Crippen LogP contribution in [0.5, 0.6) is 0 Å². The van der Waals surface area contributed by atoms with Gasteiger partial charge in [-0.2, -0.15) is 0 Å². The summed E-state index contributed by atoms with van der Waals surface area (Å²) in [6.07, 6.45) is 3.30. The Labute approximate surface area is 103 Å². The predicted octanol–water partition coefficient (Wildman–Crippen LogP) is 2.09. The largest absolute Gasteiger partial charge is 0.364 e. The van der Waals surface area contributed by atoms with Gasteiger partial charge in [-0.3, -0.25) is 4.79 Å². The minimum Gasteiger partial charge on any atom is -0.364 e. The first-order valence-corrected chi connectivity index (χ1v) is 5.58. The fourth-order valence-electron chi connectivity index (χ4n) is 1.87. The number of carbonyl (C=O) groups excluding carboxylic acids is 1. The maximum atomic E-state index is 12.1. The molecule has 0 aliphatic heterocycles. The molecule has 0 aliphatic rings. The highest BCUT2D eigenvalue weighted by molar-refractivity contribution is 6.05. The number of aromatic amines is 1. The van der Waals surface area contributed by atoms with E-state index in [2.05, 4.69) is 15.5 Å². The summed E-state index contributed by atoms with van der Waals surface area (Å²) >= 11 is 0. The fraction of sp³-hybridized carbons (Fsp3) is 0.0769. The molecule has 0 spiro atoms. The zero-order valence-electron chi connectivity index (χ0n) is 9.51. The maximum absolute atomic E-state index is 12.1. The molecule has 0 saturated carbocycles. The Kier molecular flexibility index (Phi) is 2.57. The van der Waals surface area contributed by atoms with Crippen LogP contribution >= 0.6 is 0 Å². The van der Waals surface area contributed by atoms with Gasteiger partial charge in [-0.15, -0.1) is 0 Å². The number of hydrogen-bond acceptors (Lipinski definition) is 3. The topological polar surface area (TPSA) is 70.9 Å². The molecule has 0 unspecified atom stereocenters. The first kappa shape index (κ1) is 10.6.